The first-order valence-electron chi connectivity index (χ1n) is 9.72. The van der Waals surface area contributed by atoms with Crippen molar-refractivity contribution in [1.29, 1.82) is 0 Å². The molecule has 0 aliphatic rings. The molecule has 1 amide bonds. The average molecular weight is 435 g/mol. The fraction of sp³-hybridized carbons (Fsp3) is 0.318. The van der Waals surface area contributed by atoms with Crippen molar-refractivity contribution in [3.05, 3.63) is 59.9 Å². The van der Waals surface area contributed by atoms with E-state index in [1.165, 1.54) is 46.8 Å². The lowest BCUT2D eigenvalue weighted by atomic mass is 10.2. The van der Waals surface area contributed by atoms with Gasteiger partial charge in [0.1, 0.15) is 11.6 Å². The van der Waals surface area contributed by atoms with E-state index in [4.69, 9.17) is 4.74 Å². The third kappa shape index (κ3) is 6.14. The van der Waals surface area contributed by atoms with Gasteiger partial charge < -0.3 is 10.1 Å². The Balaban J connectivity index is 2.33. The van der Waals surface area contributed by atoms with Crippen molar-refractivity contribution in [2.24, 2.45) is 0 Å². The number of benzene rings is 2. The maximum Gasteiger partial charge on any atom is 0.248 e. The lowest BCUT2D eigenvalue weighted by Gasteiger charge is -2.20. The van der Waals surface area contributed by atoms with E-state index in [9.17, 15) is 17.6 Å². The number of halogens is 1. The summed E-state index contributed by atoms with van der Waals surface area (Å²) in [5, 5.41) is 2.68. The molecule has 0 aromatic heterocycles. The molecule has 6 nitrogen and oxygen atoms in total. The molecular weight excluding hydrogens is 407 g/mol. The minimum absolute atomic E-state index is 0.0696. The van der Waals surface area contributed by atoms with Crippen molar-refractivity contribution < 1.29 is 22.3 Å². The molecule has 0 aliphatic carbocycles. The average Bonchev–Trinajstić information content (AvgIpc) is 2.69. The number of sulfonamides is 1. The highest BCUT2D eigenvalue weighted by atomic mass is 32.2. The zero-order valence-corrected chi connectivity index (χ0v) is 18.4. The summed E-state index contributed by atoms with van der Waals surface area (Å²) in [6.07, 6.45) is 2.66. The molecule has 8 heteroatoms. The van der Waals surface area contributed by atoms with Gasteiger partial charge in [-0.05, 0) is 55.8 Å². The highest BCUT2D eigenvalue weighted by Crippen LogP contribution is 2.30. The maximum atomic E-state index is 13.0. The number of carbonyl (C=O) groups is 1. The van der Waals surface area contributed by atoms with Crippen LogP contribution in [0.2, 0.25) is 0 Å². The highest BCUT2D eigenvalue weighted by Gasteiger charge is 2.23. The van der Waals surface area contributed by atoms with Crippen molar-refractivity contribution in [3.63, 3.8) is 0 Å². The third-order valence-electron chi connectivity index (χ3n) is 4.21. The van der Waals surface area contributed by atoms with Crippen LogP contribution < -0.4 is 10.1 Å². The Labute approximate surface area is 177 Å². The monoisotopic (exact) mass is 434 g/mol. The second-order valence-electron chi connectivity index (χ2n) is 6.79. The van der Waals surface area contributed by atoms with Gasteiger partial charge in [0.05, 0.1) is 16.7 Å². The Bertz CT molecular complexity index is 998. The number of nitrogens with one attached hydrogen (secondary N) is 1. The van der Waals surface area contributed by atoms with Crippen molar-refractivity contribution in [2.75, 3.05) is 18.4 Å². The van der Waals surface area contributed by atoms with Gasteiger partial charge in [0.25, 0.3) is 0 Å². The lowest BCUT2D eigenvalue weighted by molar-refractivity contribution is -0.111. The number of hydrogen-bond donors (Lipinski definition) is 1. The van der Waals surface area contributed by atoms with E-state index in [1.807, 2.05) is 13.8 Å². The van der Waals surface area contributed by atoms with Crippen LogP contribution in [0.15, 0.2) is 53.4 Å². The Hall–Kier alpha value is -2.71. The van der Waals surface area contributed by atoms with Crippen LogP contribution >= 0.6 is 0 Å². The first-order chi connectivity index (χ1) is 14.2. The molecule has 30 heavy (non-hydrogen) atoms. The number of ether oxygens (including phenoxy) is 1. The fourth-order valence-corrected chi connectivity index (χ4v) is 4.24. The topological polar surface area (TPSA) is 75.7 Å². The molecule has 0 radical (unpaired) electrons. The number of rotatable bonds is 9. The smallest absolute Gasteiger partial charge is 0.248 e. The van der Waals surface area contributed by atoms with Gasteiger partial charge in [-0.15, -0.1) is 0 Å². The number of amides is 1. The molecule has 1 N–H and O–H groups in total. The minimum Gasteiger partial charge on any atom is -0.489 e. The van der Waals surface area contributed by atoms with Crippen LogP contribution in [-0.2, 0) is 14.8 Å². The van der Waals surface area contributed by atoms with Crippen LogP contribution in [0.3, 0.4) is 0 Å². The Morgan fingerprint density at radius 3 is 2.33 bits per heavy atom. The predicted molar refractivity (Wildman–Crippen MR) is 116 cm³/mol. The molecule has 2 aromatic rings. The van der Waals surface area contributed by atoms with Crippen molar-refractivity contribution >= 4 is 27.7 Å². The van der Waals surface area contributed by atoms with Crippen LogP contribution in [0.25, 0.3) is 6.08 Å². The number of nitrogens with zero attached hydrogens (tertiary/aromatic N) is 1. The first-order valence-corrected chi connectivity index (χ1v) is 11.2. The molecule has 0 aliphatic heterocycles. The van der Waals surface area contributed by atoms with E-state index < -0.39 is 15.9 Å². The molecule has 0 spiro atoms. The first kappa shape index (κ1) is 23.6. The zero-order chi connectivity index (χ0) is 22.3. The SMILES string of the molecule is CCN(CC)S(=O)(=O)c1ccc(OC(C)C)c(NC(=O)/C=C/c2ccc(F)cc2)c1. The molecule has 0 bridgehead atoms. The lowest BCUT2D eigenvalue weighted by Crippen LogP contribution is -2.30. The van der Waals surface area contributed by atoms with Gasteiger partial charge in [0.2, 0.25) is 15.9 Å². The maximum absolute atomic E-state index is 13.0. The molecule has 0 fully saturated rings. The second-order valence-corrected chi connectivity index (χ2v) is 8.73. The molecule has 0 unspecified atom stereocenters. The second kappa shape index (κ2) is 10.4. The highest BCUT2D eigenvalue weighted by molar-refractivity contribution is 7.89. The van der Waals surface area contributed by atoms with Crippen LogP contribution in [0, 0.1) is 5.82 Å². The molecule has 0 heterocycles. The quantitative estimate of drug-likeness (QED) is 0.597. The molecule has 0 atom stereocenters. The minimum atomic E-state index is -3.69. The summed E-state index contributed by atoms with van der Waals surface area (Å²) < 4.78 is 45.7. The van der Waals surface area contributed by atoms with Gasteiger partial charge in [-0.2, -0.15) is 4.31 Å². The molecule has 2 rings (SSSR count). The van der Waals surface area contributed by atoms with Crippen molar-refractivity contribution in [3.8, 4) is 5.75 Å². The Kier molecular flexibility index (Phi) is 8.14. The van der Waals surface area contributed by atoms with E-state index in [0.717, 1.165) is 0 Å². The summed E-state index contributed by atoms with van der Waals surface area (Å²) in [7, 11) is -3.69. The Morgan fingerprint density at radius 2 is 1.77 bits per heavy atom. The summed E-state index contributed by atoms with van der Waals surface area (Å²) in [6.45, 7) is 7.87. The van der Waals surface area contributed by atoms with E-state index in [-0.39, 0.29) is 22.5 Å². The summed E-state index contributed by atoms with van der Waals surface area (Å²) in [5.74, 6) is -0.462. The van der Waals surface area contributed by atoms with Crippen molar-refractivity contribution in [1.82, 2.24) is 4.31 Å². The Morgan fingerprint density at radius 1 is 1.13 bits per heavy atom. The van der Waals surface area contributed by atoms with Gasteiger partial charge in [0.15, 0.2) is 0 Å². The summed E-state index contributed by atoms with van der Waals surface area (Å²) in [4.78, 5) is 12.5. The van der Waals surface area contributed by atoms with E-state index in [0.29, 0.717) is 24.4 Å². The molecule has 0 saturated heterocycles. The number of hydrogen-bond acceptors (Lipinski definition) is 4. The zero-order valence-electron chi connectivity index (χ0n) is 17.6. The van der Waals surface area contributed by atoms with Crippen LogP contribution in [0.4, 0.5) is 10.1 Å². The molecule has 2 aromatic carbocycles. The molecule has 162 valence electrons. The largest absolute Gasteiger partial charge is 0.489 e. The number of carbonyl (C=O) groups excluding carboxylic acids is 1. The van der Waals surface area contributed by atoms with E-state index in [2.05, 4.69) is 5.32 Å². The van der Waals surface area contributed by atoms with Crippen LogP contribution in [0.5, 0.6) is 5.75 Å². The summed E-state index contributed by atoms with van der Waals surface area (Å²) in [5.41, 5.74) is 0.911. The normalized spacial score (nSPS) is 12.0. The van der Waals surface area contributed by atoms with E-state index in [1.54, 1.807) is 26.0 Å². The van der Waals surface area contributed by atoms with Gasteiger partial charge >= 0.3 is 0 Å². The molecular formula is C22H27FN2O4S. The molecule has 0 saturated carbocycles. The third-order valence-corrected chi connectivity index (χ3v) is 6.26. The fourth-order valence-electron chi connectivity index (χ4n) is 2.76. The predicted octanol–water partition coefficient (Wildman–Crippen LogP) is 4.30. The van der Waals surface area contributed by atoms with Gasteiger partial charge in [-0.3, -0.25) is 4.79 Å². The number of anilines is 1. The van der Waals surface area contributed by atoms with Crippen LogP contribution in [-0.4, -0.2) is 37.8 Å². The standard InChI is InChI=1S/C22H27FN2O4S/c1-5-25(6-2)30(27,28)19-12-13-21(29-16(3)4)20(15-19)24-22(26)14-9-17-7-10-18(23)11-8-17/h7-16H,5-6H2,1-4H3,(H,24,26)/b14-9+. The summed E-state index contributed by atoms with van der Waals surface area (Å²) in [6, 6.07) is 10.1. The summed E-state index contributed by atoms with van der Waals surface area (Å²) >= 11 is 0. The van der Waals surface area contributed by atoms with Gasteiger partial charge in [0, 0.05) is 19.2 Å². The van der Waals surface area contributed by atoms with Gasteiger partial charge in [-0.1, -0.05) is 26.0 Å². The van der Waals surface area contributed by atoms with E-state index >= 15 is 0 Å². The van der Waals surface area contributed by atoms with Crippen LogP contribution in [0.1, 0.15) is 33.3 Å². The van der Waals surface area contributed by atoms with Gasteiger partial charge in [-0.25, -0.2) is 12.8 Å². The van der Waals surface area contributed by atoms with Crippen molar-refractivity contribution in [2.45, 2.75) is 38.7 Å².